The molecule has 1 radical (unpaired) electrons. The molecule has 8 N–H and O–H groups in total. The van der Waals surface area contributed by atoms with Crippen molar-refractivity contribution < 1.29 is 105 Å². The predicted octanol–water partition coefficient (Wildman–Crippen LogP) is -1.27. The Morgan fingerprint density at radius 3 is 1.09 bits per heavy atom. The number of nitrogens with two attached hydrogens (primary N) is 2. The summed E-state index contributed by atoms with van der Waals surface area (Å²) in [6.07, 6.45) is 22.5. The zero-order valence-corrected chi connectivity index (χ0v) is 82.6. The molecule has 0 spiro atoms. The summed E-state index contributed by atoms with van der Waals surface area (Å²) in [6.45, 7) is 29.0. The second-order valence-electron chi connectivity index (χ2n) is 35.5. The van der Waals surface area contributed by atoms with E-state index >= 15 is 0 Å². The van der Waals surface area contributed by atoms with Crippen molar-refractivity contribution in [2.75, 3.05) is 153 Å². The van der Waals surface area contributed by atoms with Crippen molar-refractivity contribution in [1.82, 2.24) is 139 Å². The number of carbonyl (C=O) groups excluding carboxylic acids is 4. The van der Waals surface area contributed by atoms with Crippen LogP contribution in [0.4, 0.5) is 27.4 Å². The van der Waals surface area contributed by atoms with E-state index in [4.69, 9.17) is 27.2 Å². The zero-order valence-electron chi connectivity index (χ0n) is 78.9. The van der Waals surface area contributed by atoms with Crippen LogP contribution in [-0.4, -0.2) is 351 Å². The van der Waals surface area contributed by atoms with Crippen molar-refractivity contribution in [2.24, 2.45) is 21.1 Å². The number of carboxylic acids is 1. The number of benzene rings is 3. The molecule has 0 aliphatic carbocycles. The van der Waals surface area contributed by atoms with E-state index in [0.717, 1.165) is 174 Å². The maximum absolute atomic E-state index is 13.0. The number of carbonyl (C=O) groups is 5. The Labute approximate surface area is 820 Å². The molecule has 18 rings (SSSR count). The number of quaternary nitrogens is 2. The molecule has 3 atom stereocenters. The van der Waals surface area contributed by atoms with Gasteiger partial charge >= 0.3 is 18.2 Å². The van der Waals surface area contributed by atoms with E-state index in [1.165, 1.54) is 0 Å². The number of halogens is 2. The molecule has 0 unspecified atom stereocenters. The van der Waals surface area contributed by atoms with Gasteiger partial charge in [0.25, 0.3) is 0 Å². The monoisotopic (exact) mass is 2110 g/mol. The SMILES string of the molecule is C.CC(C)(C)OC(=O)N1CCN(CCCC(=O)O)CC1.Cn1cc(-c2ccc(-n3nnc4cnc(N[C@@H]5CCN(C(=O)CCCN6CCN(C(=O)OC(C)(C)C)CC6)C5)nc43)cc2)cn1.Cn1cc(-c2ccc(-n3nnc4cnc(N[C@@H]5CCN(C(=O)CCCN6CC[NH2+]CC6)C5)nc43)cc2)cn1.Cn1cc(-c2ccc(-n3nnc4cnc(N[C@@H]5CC[NH2+]C5)nc43)cc2)cn1.[3H][B][3H].[Cl-].[Cl-].[U]. The number of nitrogens with one attached hydrogen (secondary N) is 3. The van der Waals surface area contributed by atoms with E-state index in [1.807, 2.05) is 170 Å². The molecule has 134 heavy (non-hydrogen) atoms. The Hall–Kier alpha value is -11.4. The average molecular weight is 2110 g/mol. The van der Waals surface area contributed by atoms with Gasteiger partial charge < -0.3 is 85.6 Å². The largest absolute Gasteiger partial charge is 1.00 e. The number of anilines is 3. The van der Waals surface area contributed by atoms with Gasteiger partial charge in [-0.15, -0.1) is 15.3 Å². The number of hydrogen-bond donors (Lipinski definition) is 6. The van der Waals surface area contributed by atoms with Crippen LogP contribution in [0.25, 0.3) is 83.9 Å². The Kier molecular flexibility index (Phi) is 36.9. The number of aromatic nitrogens is 21. The molecule has 6 fully saturated rings. The first kappa shape index (κ1) is 102. The summed E-state index contributed by atoms with van der Waals surface area (Å²) in [7, 11) is 6.21. The van der Waals surface area contributed by atoms with Gasteiger partial charge in [0.1, 0.15) is 11.2 Å². The van der Waals surface area contributed by atoms with Crippen LogP contribution >= 0.6 is 0 Å². The Balaban J connectivity index is 0.000000191. The van der Waals surface area contributed by atoms with E-state index in [1.54, 1.807) is 56.5 Å². The minimum Gasteiger partial charge on any atom is -1.00 e. The first-order chi connectivity index (χ1) is 63.7. The van der Waals surface area contributed by atoms with Crippen molar-refractivity contribution in [3.05, 3.63) is 129 Å². The smallest absolute Gasteiger partial charge is 0.410 e. The van der Waals surface area contributed by atoms with Gasteiger partial charge in [0.05, 0.1) is 94.8 Å². The minimum atomic E-state index is -0.757. The van der Waals surface area contributed by atoms with Crippen LogP contribution in [0.1, 0.15) is 107 Å². The number of amides is 4. The fourth-order valence-electron chi connectivity index (χ4n) is 16.3. The van der Waals surface area contributed by atoms with E-state index in [2.05, 4.69) is 120 Å². The summed E-state index contributed by atoms with van der Waals surface area (Å²) < 4.78 is 32.8. The third-order valence-electron chi connectivity index (χ3n) is 23.2. The summed E-state index contributed by atoms with van der Waals surface area (Å²) in [6, 6.07) is 24.8. The molecule has 4 amide bonds. The number of nitrogens with zero attached hydrogens (tertiary/aromatic N) is 28. The number of aryl methyl sites for hydroxylation is 3. The molecule has 715 valence electrons. The number of carboxylic acid groups (broad SMARTS) is 1. The van der Waals surface area contributed by atoms with Crippen LogP contribution in [0, 0.1) is 31.1 Å². The van der Waals surface area contributed by atoms with Gasteiger partial charge in [0.2, 0.25) is 29.7 Å². The summed E-state index contributed by atoms with van der Waals surface area (Å²) in [4.78, 5) is 102. The maximum atomic E-state index is 13.0. The molecule has 41 nitrogen and oxygen atoms in total. The van der Waals surface area contributed by atoms with E-state index in [9.17, 15) is 24.0 Å². The first-order valence-electron chi connectivity index (χ1n) is 45.8. The third-order valence-corrected chi connectivity index (χ3v) is 23.2. The molecule has 12 aromatic rings. The maximum Gasteiger partial charge on any atom is 0.410 e. The Morgan fingerprint density at radius 2 is 0.776 bits per heavy atom. The van der Waals surface area contributed by atoms with Crippen molar-refractivity contribution in [2.45, 2.75) is 136 Å². The van der Waals surface area contributed by atoms with Crippen LogP contribution in [0.5, 0.6) is 0 Å². The van der Waals surface area contributed by atoms with Gasteiger partial charge in [0.15, 0.2) is 33.5 Å². The van der Waals surface area contributed by atoms with Gasteiger partial charge in [-0.1, -0.05) is 59.5 Å². The number of rotatable bonds is 24. The van der Waals surface area contributed by atoms with Crippen LogP contribution in [-0.2, 0) is 45.0 Å². The van der Waals surface area contributed by atoms with E-state index in [0.29, 0.717) is 131 Å². The molecule has 6 saturated heterocycles. The van der Waals surface area contributed by atoms with Crippen molar-refractivity contribution >= 4 is 89.6 Å². The molecular weight excluding hydrogens is 1980 g/mol. The number of fused-ring (bicyclic) bond motifs is 3. The summed E-state index contributed by atoms with van der Waals surface area (Å²) in [5.41, 5.74) is 11.9. The molecular formula is C89H125BCl2N33O8U. The number of ether oxygens (including phenoxy) is 2. The Bertz CT molecular complexity index is 5800. The molecule has 0 bridgehead atoms. The van der Waals surface area contributed by atoms with Gasteiger partial charge in [0, 0.05) is 217 Å². The average Bonchev–Trinajstić information content (AvgIpc) is 1.64. The quantitative estimate of drug-likeness (QED) is 0.0384. The molecule has 0 saturated carbocycles. The van der Waals surface area contributed by atoms with Crippen molar-refractivity contribution in [1.29, 1.82) is 2.67 Å². The van der Waals surface area contributed by atoms with Crippen LogP contribution < -0.4 is 51.4 Å². The molecule has 3 aromatic carbocycles. The molecule has 6 aliphatic rings. The number of hydrogen-bond acceptors (Lipinski definition) is 28. The van der Waals surface area contributed by atoms with Crippen LogP contribution in [0.2, 0.25) is 0 Å². The number of piperazine rings is 3. The standard InChI is InChI=1S/C31H41N11O3.C26H33N11O.C18H19N9.C13H24N2O4.CH4.BH2.2ClH.U/c1-31(2,3)45-30(44)40-16-14-39(15-17-40)12-5-6-27(43)41-13-11-24(21-41)34-29-32-19-26-28(35-29)42(37-36-26)25-9-7-22(8-10-25)23-18-33-38(4)20-23;1-34-17-20(15-29-34)19-4-6-22(7-5-19)37-25-23(32-33-37)16-28-26(31-25)30-21-8-12-36(18-21)24(38)3-2-11-35-13-9-27-10-14-35;1-26-11-13(8-21-26)12-2-4-15(5-3-12)27-17-16(24-25-27)10-20-18(23-17)22-14-6-7-19-9-14;1-13(2,3)19-12(18)15-9-7-14(8-10-15)6-4-5-11(16)17;;;;;/h7-10,18-20,24H,5-6,11-17,21H2,1-4H3,(H,32,34,35);4-7,15-17,21,27H,2-3,8-14,18H2,1H3,(H,28,30,31);2-5,8,10-11,14,19H,6-7,9H2,1H3,(H,20,22,23);4-10H2,1-3H3,(H,16,17);1H4;1H2;2*1H;/t24-;21-;14-;;;;;;/m111....../s1/i;;;;;1T2;;;. The number of likely N-dealkylation sites (tertiary alicyclic amines) is 2. The fraction of sp³-hybridized carbons (Fsp3) is 0.506. The normalized spacial score (nSPS) is 17.1. The first-order valence-corrected chi connectivity index (χ1v) is 44.6. The molecule has 9 aromatic heterocycles. The van der Waals surface area contributed by atoms with Gasteiger partial charge in [-0.2, -0.15) is 44.3 Å². The summed E-state index contributed by atoms with van der Waals surface area (Å²) >= 11 is 0. The van der Waals surface area contributed by atoms with E-state index < -0.39 is 17.2 Å². The second-order valence-corrected chi connectivity index (χ2v) is 35.5. The molecule has 45 heteroatoms. The predicted molar refractivity (Wildman–Crippen MR) is 498 cm³/mol. The summed E-state index contributed by atoms with van der Waals surface area (Å²) in [5.74, 6) is 1.29. The zero-order chi connectivity index (χ0) is 92.8. The van der Waals surface area contributed by atoms with Gasteiger partial charge in [-0.25, -0.2) is 24.5 Å². The van der Waals surface area contributed by atoms with Crippen molar-refractivity contribution in [3.8, 4) is 50.4 Å². The van der Waals surface area contributed by atoms with E-state index in [-0.39, 0.29) is 106 Å². The van der Waals surface area contributed by atoms with Gasteiger partial charge in [-0.05, 0) is 149 Å². The Morgan fingerprint density at radius 1 is 0.440 bits per heavy atom. The molecule has 15 heterocycles. The van der Waals surface area contributed by atoms with Crippen LogP contribution in [0.3, 0.4) is 0 Å². The summed E-state index contributed by atoms with van der Waals surface area (Å²) in [5, 5.41) is 61.7. The second kappa shape index (κ2) is 48.7. The topological polar surface area (TPSA) is 439 Å². The van der Waals surface area contributed by atoms with Gasteiger partial charge in [-0.3, -0.25) is 43.1 Å². The minimum absolute atomic E-state index is 0. The van der Waals surface area contributed by atoms with Crippen molar-refractivity contribution in [3.63, 3.8) is 0 Å². The number of aliphatic carboxylic acids is 1. The third kappa shape index (κ3) is 28.8. The van der Waals surface area contributed by atoms with Crippen LogP contribution in [0.15, 0.2) is 129 Å². The fourth-order valence-corrected chi connectivity index (χ4v) is 16.3. The molecule has 6 aliphatic heterocycles.